The number of rotatable bonds is 5. The first-order chi connectivity index (χ1) is 15.2. The highest BCUT2D eigenvalue weighted by Crippen LogP contribution is 2.32. The van der Waals surface area contributed by atoms with Crippen LogP contribution in [0.1, 0.15) is 29.0 Å². The third-order valence-corrected chi connectivity index (χ3v) is 5.50. The summed E-state index contributed by atoms with van der Waals surface area (Å²) in [4.78, 5) is 35.3. The summed E-state index contributed by atoms with van der Waals surface area (Å²) in [6.45, 7) is 1.22. The number of aromatic nitrogens is 2. The highest BCUT2D eigenvalue weighted by molar-refractivity contribution is 5.98. The van der Waals surface area contributed by atoms with Gasteiger partial charge in [0.15, 0.2) is 0 Å². The summed E-state index contributed by atoms with van der Waals surface area (Å²) in [6.07, 6.45) is 5.29. The molecule has 31 heavy (non-hydrogen) atoms. The van der Waals surface area contributed by atoms with Crippen molar-refractivity contribution in [2.45, 2.75) is 19.4 Å². The maximum atomic E-state index is 13.2. The molecule has 2 heterocycles. The van der Waals surface area contributed by atoms with Crippen molar-refractivity contribution in [1.29, 1.82) is 0 Å². The number of ether oxygens (including phenoxy) is 1. The third-order valence-electron chi connectivity index (χ3n) is 5.50. The predicted octanol–water partition coefficient (Wildman–Crippen LogP) is 3.53. The summed E-state index contributed by atoms with van der Waals surface area (Å²) in [5, 5.41) is 2.95. The van der Waals surface area contributed by atoms with Crippen molar-refractivity contribution in [3.05, 3.63) is 72.3 Å². The van der Waals surface area contributed by atoms with E-state index in [4.69, 9.17) is 4.74 Å². The molecule has 1 aliphatic heterocycles. The fourth-order valence-electron chi connectivity index (χ4n) is 3.61. The molecule has 0 saturated heterocycles. The minimum absolute atomic E-state index is 0.0861. The third kappa shape index (κ3) is 4.26. The molecule has 0 radical (unpaired) electrons. The Morgan fingerprint density at radius 3 is 2.55 bits per heavy atom. The SMILES string of the molecule is O=C(Nc1ccc(-c2ccc3c(c2)C(=O)N(Cc2ncccn2)CCO3)cc1)C1CC1. The van der Waals surface area contributed by atoms with Crippen molar-refractivity contribution in [1.82, 2.24) is 14.9 Å². The molecular formula is C24H22N4O3. The Bertz CT molecular complexity index is 1110. The molecule has 1 aliphatic carbocycles. The maximum Gasteiger partial charge on any atom is 0.258 e. The van der Waals surface area contributed by atoms with Gasteiger partial charge in [-0.3, -0.25) is 9.59 Å². The van der Waals surface area contributed by atoms with Gasteiger partial charge < -0.3 is 15.0 Å². The number of anilines is 1. The van der Waals surface area contributed by atoms with Crippen LogP contribution in [-0.4, -0.2) is 39.8 Å². The molecule has 2 aliphatic rings. The van der Waals surface area contributed by atoms with Crippen LogP contribution in [-0.2, 0) is 11.3 Å². The van der Waals surface area contributed by atoms with Gasteiger partial charge in [0.25, 0.3) is 5.91 Å². The molecular weight excluding hydrogens is 392 g/mol. The summed E-state index contributed by atoms with van der Waals surface area (Å²) in [6, 6.07) is 15.1. The van der Waals surface area contributed by atoms with Crippen LogP contribution in [0.5, 0.6) is 5.75 Å². The van der Waals surface area contributed by atoms with E-state index in [0.29, 0.717) is 36.8 Å². The molecule has 1 aromatic heterocycles. The van der Waals surface area contributed by atoms with E-state index in [1.807, 2.05) is 42.5 Å². The van der Waals surface area contributed by atoms with Crippen LogP contribution in [0, 0.1) is 5.92 Å². The normalized spacial score (nSPS) is 15.6. The van der Waals surface area contributed by atoms with Crippen LogP contribution < -0.4 is 10.1 Å². The van der Waals surface area contributed by atoms with Gasteiger partial charge in [-0.1, -0.05) is 18.2 Å². The number of carbonyl (C=O) groups is 2. The highest BCUT2D eigenvalue weighted by Gasteiger charge is 2.29. The lowest BCUT2D eigenvalue weighted by Crippen LogP contribution is -2.32. The number of nitrogens with one attached hydrogen (secondary N) is 1. The van der Waals surface area contributed by atoms with Gasteiger partial charge in [0.05, 0.1) is 18.7 Å². The van der Waals surface area contributed by atoms with Gasteiger partial charge in [0.2, 0.25) is 5.91 Å². The second kappa shape index (κ2) is 8.18. The van der Waals surface area contributed by atoms with Crippen molar-refractivity contribution < 1.29 is 14.3 Å². The van der Waals surface area contributed by atoms with Crippen LogP contribution >= 0.6 is 0 Å². The second-order valence-electron chi connectivity index (χ2n) is 7.79. The lowest BCUT2D eigenvalue weighted by Gasteiger charge is -2.19. The quantitative estimate of drug-likeness (QED) is 0.691. The molecule has 0 spiro atoms. The Labute approximate surface area is 180 Å². The van der Waals surface area contributed by atoms with Crippen LogP contribution in [0.3, 0.4) is 0 Å². The van der Waals surface area contributed by atoms with E-state index in [-0.39, 0.29) is 17.7 Å². The molecule has 5 rings (SSSR count). The average molecular weight is 414 g/mol. The topological polar surface area (TPSA) is 84.4 Å². The standard InChI is InChI=1S/C24H22N4O3/c29-23(17-2-3-17)27-19-7-4-16(5-8-19)18-6-9-21-20(14-18)24(30)28(12-13-31-21)15-22-25-10-1-11-26-22/h1,4-11,14,17H,2-3,12-13,15H2,(H,27,29). The number of hydrogen-bond donors (Lipinski definition) is 1. The molecule has 0 atom stereocenters. The summed E-state index contributed by atoms with van der Waals surface area (Å²) in [5.74, 6) is 1.33. The van der Waals surface area contributed by atoms with E-state index in [2.05, 4.69) is 15.3 Å². The van der Waals surface area contributed by atoms with Crippen molar-refractivity contribution in [3.63, 3.8) is 0 Å². The highest BCUT2D eigenvalue weighted by atomic mass is 16.5. The first-order valence-electron chi connectivity index (χ1n) is 10.4. The van der Waals surface area contributed by atoms with E-state index in [9.17, 15) is 9.59 Å². The van der Waals surface area contributed by atoms with Gasteiger partial charge in [-0.25, -0.2) is 9.97 Å². The van der Waals surface area contributed by atoms with Gasteiger partial charge in [-0.05, 0) is 54.3 Å². The monoisotopic (exact) mass is 414 g/mol. The van der Waals surface area contributed by atoms with E-state index in [1.54, 1.807) is 23.4 Å². The Balaban J connectivity index is 1.37. The zero-order valence-electron chi connectivity index (χ0n) is 17.0. The molecule has 2 aromatic carbocycles. The lowest BCUT2D eigenvalue weighted by molar-refractivity contribution is -0.117. The molecule has 3 aromatic rings. The molecule has 2 amide bonds. The Morgan fingerprint density at radius 1 is 1.06 bits per heavy atom. The summed E-state index contributed by atoms with van der Waals surface area (Å²) < 4.78 is 5.82. The number of hydrogen-bond acceptors (Lipinski definition) is 5. The number of benzene rings is 2. The Morgan fingerprint density at radius 2 is 1.81 bits per heavy atom. The first kappa shape index (κ1) is 19.2. The fourth-order valence-corrected chi connectivity index (χ4v) is 3.61. The van der Waals surface area contributed by atoms with E-state index >= 15 is 0 Å². The number of amides is 2. The largest absolute Gasteiger partial charge is 0.491 e. The minimum Gasteiger partial charge on any atom is -0.491 e. The smallest absolute Gasteiger partial charge is 0.258 e. The van der Waals surface area contributed by atoms with Crippen molar-refractivity contribution >= 4 is 17.5 Å². The Kier molecular flexibility index (Phi) is 5.08. The minimum atomic E-state index is -0.102. The van der Waals surface area contributed by atoms with Gasteiger partial charge >= 0.3 is 0 Å². The summed E-state index contributed by atoms with van der Waals surface area (Å²) >= 11 is 0. The van der Waals surface area contributed by atoms with Crippen LogP contribution in [0.4, 0.5) is 5.69 Å². The van der Waals surface area contributed by atoms with Gasteiger partial charge in [0.1, 0.15) is 18.2 Å². The summed E-state index contributed by atoms with van der Waals surface area (Å²) in [7, 11) is 0. The molecule has 1 fully saturated rings. The zero-order valence-corrected chi connectivity index (χ0v) is 17.0. The lowest BCUT2D eigenvalue weighted by atomic mass is 10.0. The molecule has 0 bridgehead atoms. The molecule has 1 saturated carbocycles. The van der Waals surface area contributed by atoms with E-state index in [1.165, 1.54) is 0 Å². The fraction of sp³-hybridized carbons (Fsp3) is 0.250. The van der Waals surface area contributed by atoms with E-state index in [0.717, 1.165) is 29.7 Å². The predicted molar refractivity (Wildman–Crippen MR) is 115 cm³/mol. The summed E-state index contributed by atoms with van der Waals surface area (Å²) in [5.41, 5.74) is 3.18. The van der Waals surface area contributed by atoms with Gasteiger partial charge in [0, 0.05) is 24.0 Å². The van der Waals surface area contributed by atoms with Gasteiger partial charge in [-0.15, -0.1) is 0 Å². The number of fused-ring (bicyclic) bond motifs is 1. The average Bonchev–Trinajstić information content (AvgIpc) is 3.65. The van der Waals surface area contributed by atoms with Crippen LogP contribution in [0.25, 0.3) is 11.1 Å². The Hall–Kier alpha value is -3.74. The van der Waals surface area contributed by atoms with Crippen molar-refractivity contribution in [2.75, 3.05) is 18.5 Å². The molecule has 7 nitrogen and oxygen atoms in total. The molecule has 0 unspecified atom stereocenters. The van der Waals surface area contributed by atoms with Crippen LogP contribution in [0.15, 0.2) is 60.9 Å². The van der Waals surface area contributed by atoms with Gasteiger partial charge in [-0.2, -0.15) is 0 Å². The molecule has 1 N–H and O–H groups in total. The maximum absolute atomic E-state index is 13.2. The molecule has 156 valence electrons. The van der Waals surface area contributed by atoms with Crippen molar-refractivity contribution in [2.24, 2.45) is 5.92 Å². The zero-order chi connectivity index (χ0) is 21.2. The number of nitrogens with zero attached hydrogens (tertiary/aromatic N) is 3. The van der Waals surface area contributed by atoms with E-state index < -0.39 is 0 Å². The second-order valence-corrected chi connectivity index (χ2v) is 7.79. The first-order valence-corrected chi connectivity index (χ1v) is 10.4. The number of carbonyl (C=O) groups excluding carboxylic acids is 2. The van der Waals surface area contributed by atoms with Crippen LogP contribution in [0.2, 0.25) is 0 Å². The van der Waals surface area contributed by atoms with Crippen molar-refractivity contribution in [3.8, 4) is 16.9 Å². The molecule has 7 heteroatoms.